The molecule has 4 rings (SSSR count). The normalized spacial score (nSPS) is 34.4. The lowest BCUT2D eigenvalue weighted by Crippen LogP contribution is -2.47. The van der Waals surface area contributed by atoms with Crippen LogP contribution < -0.4 is 5.32 Å². The number of aryl methyl sites for hydroxylation is 1. The number of hydrogen-bond acceptors (Lipinski definition) is 4. The van der Waals surface area contributed by atoms with Crippen molar-refractivity contribution in [3.05, 3.63) is 11.6 Å². The third-order valence-corrected chi connectivity index (χ3v) is 5.61. The van der Waals surface area contributed by atoms with Gasteiger partial charge in [0.25, 0.3) is 0 Å². The molecule has 0 spiro atoms. The average molecular weight is 275 g/mol. The van der Waals surface area contributed by atoms with E-state index in [1.54, 1.807) is 0 Å². The lowest BCUT2D eigenvalue weighted by Gasteiger charge is -2.37. The first-order chi connectivity index (χ1) is 9.72. The van der Waals surface area contributed by atoms with E-state index in [1.807, 2.05) is 0 Å². The molecule has 20 heavy (non-hydrogen) atoms. The molecule has 0 aliphatic carbocycles. The van der Waals surface area contributed by atoms with Crippen LogP contribution in [-0.2, 0) is 13.0 Å². The molecule has 4 heterocycles. The maximum atomic E-state index is 4.41. The number of nitrogens with zero attached hydrogens (tertiary/aromatic N) is 4. The van der Waals surface area contributed by atoms with Crippen LogP contribution in [0, 0.1) is 0 Å². The van der Waals surface area contributed by atoms with Crippen LogP contribution in [0.2, 0.25) is 0 Å². The Morgan fingerprint density at radius 2 is 1.95 bits per heavy atom. The minimum Gasteiger partial charge on any atom is -0.314 e. The molecule has 2 fully saturated rings. The fourth-order valence-electron chi connectivity index (χ4n) is 4.47. The third kappa shape index (κ3) is 1.99. The monoisotopic (exact) mass is 275 g/mol. The Morgan fingerprint density at radius 1 is 1.20 bits per heavy atom. The molecule has 1 N–H and O–H groups in total. The van der Waals surface area contributed by atoms with Gasteiger partial charge in [-0.05, 0) is 46.1 Å². The lowest BCUT2D eigenvalue weighted by atomic mass is 9.97. The van der Waals surface area contributed by atoms with Crippen molar-refractivity contribution in [2.75, 3.05) is 7.05 Å². The Bertz CT molecular complexity index is 482. The zero-order chi connectivity index (χ0) is 13.7. The number of nitrogens with one attached hydrogen (secondary N) is 1. The zero-order valence-corrected chi connectivity index (χ0v) is 12.5. The first-order valence-corrected chi connectivity index (χ1v) is 8.12. The molecule has 110 valence electrons. The fraction of sp³-hybridized carbons (Fsp3) is 0.867. The summed E-state index contributed by atoms with van der Waals surface area (Å²) in [5.74, 6) is 2.32. The van der Waals surface area contributed by atoms with E-state index < -0.39 is 0 Å². The van der Waals surface area contributed by atoms with Crippen molar-refractivity contribution >= 4 is 0 Å². The van der Waals surface area contributed by atoms with Gasteiger partial charge in [-0.25, -0.2) is 0 Å². The van der Waals surface area contributed by atoms with Crippen molar-refractivity contribution in [3.63, 3.8) is 0 Å². The van der Waals surface area contributed by atoms with E-state index in [2.05, 4.69) is 39.0 Å². The van der Waals surface area contributed by atoms with Crippen LogP contribution in [0.25, 0.3) is 0 Å². The summed E-state index contributed by atoms with van der Waals surface area (Å²) < 4.78 is 2.32. The van der Waals surface area contributed by atoms with Gasteiger partial charge in [0.05, 0.1) is 6.04 Å². The van der Waals surface area contributed by atoms with Gasteiger partial charge in [-0.3, -0.25) is 0 Å². The predicted octanol–water partition coefficient (Wildman–Crippen LogP) is 1.50. The highest BCUT2D eigenvalue weighted by Crippen LogP contribution is 2.35. The summed E-state index contributed by atoms with van der Waals surface area (Å²) in [4.78, 5) is 2.59. The smallest absolute Gasteiger partial charge is 0.149 e. The molecule has 1 aromatic rings. The van der Waals surface area contributed by atoms with E-state index in [-0.39, 0.29) is 0 Å². The zero-order valence-electron chi connectivity index (χ0n) is 12.5. The van der Waals surface area contributed by atoms with Crippen molar-refractivity contribution in [3.8, 4) is 0 Å². The molecule has 3 unspecified atom stereocenters. The summed E-state index contributed by atoms with van der Waals surface area (Å²) in [5.41, 5.74) is 0. The Morgan fingerprint density at radius 3 is 2.70 bits per heavy atom. The van der Waals surface area contributed by atoms with Gasteiger partial charge in [-0.2, -0.15) is 0 Å². The lowest BCUT2D eigenvalue weighted by molar-refractivity contribution is 0.143. The van der Waals surface area contributed by atoms with Crippen molar-refractivity contribution in [1.82, 2.24) is 25.0 Å². The molecule has 3 aliphatic rings. The summed E-state index contributed by atoms with van der Waals surface area (Å²) in [6, 6.07) is 2.56. The van der Waals surface area contributed by atoms with E-state index in [0.717, 1.165) is 30.9 Å². The fourth-order valence-corrected chi connectivity index (χ4v) is 4.47. The van der Waals surface area contributed by atoms with Gasteiger partial charge >= 0.3 is 0 Å². The van der Waals surface area contributed by atoms with Gasteiger partial charge in [0, 0.05) is 31.1 Å². The maximum Gasteiger partial charge on any atom is 0.149 e. The van der Waals surface area contributed by atoms with Crippen LogP contribution in [0.1, 0.15) is 56.7 Å². The maximum absolute atomic E-state index is 4.41. The van der Waals surface area contributed by atoms with Gasteiger partial charge in [0.1, 0.15) is 11.6 Å². The largest absolute Gasteiger partial charge is 0.314 e. The van der Waals surface area contributed by atoms with Crippen molar-refractivity contribution in [1.29, 1.82) is 0 Å². The highest BCUT2D eigenvalue weighted by molar-refractivity contribution is 5.05. The average Bonchev–Trinajstić information content (AvgIpc) is 3.05. The van der Waals surface area contributed by atoms with Crippen LogP contribution in [0.4, 0.5) is 0 Å². The molecule has 0 saturated carbocycles. The second-order valence-electron chi connectivity index (χ2n) is 6.84. The highest BCUT2D eigenvalue weighted by Gasteiger charge is 2.39. The summed E-state index contributed by atoms with van der Waals surface area (Å²) in [6.45, 7) is 3.35. The molecule has 3 aliphatic heterocycles. The van der Waals surface area contributed by atoms with E-state index in [9.17, 15) is 0 Å². The van der Waals surface area contributed by atoms with Crippen LogP contribution in [0.5, 0.6) is 0 Å². The Labute approximate surface area is 120 Å². The number of rotatable bonds is 3. The van der Waals surface area contributed by atoms with Crippen LogP contribution >= 0.6 is 0 Å². The minimum atomic E-state index is 0.321. The van der Waals surface area contributed by atoms with E-state index >= 15 is 0 Å². The van der Waals surface area contributed by atoms with Crippen molar-refractivity contribution in [2.45, 2.75) is 76.2 Å². The molecular formula is C15H25N5. The SMILES string of the molecule is CC(NC1CC2CCC(C1)N2C)c1nnc2n1CCC2. The minimum absolute atomic E-state index is 0.321. The molecule has 3 atom stereocenters. The summed E-state index contributed by atoms with van der Waals surface area (Å²) in [7, 11) is 2.30. The van der Waals surface area contributed by atoms with Crippen LogP contribution in [-0.4, -0.2) is 44.8 Å². The van der Waals surface area contributed by atoms with Crippen LogP contribution in [0.3, 0.4) is 0 Å². The van der Waals surface area contributed by atoms with Crippen molar-refractivity contribution in [2.24, 2.45) is 0 Å². The standard InChI is InChI=1S/C15H25N5/c1-10(15-18-17-14-4-3-7-20(14)15)16-11-8-12-5-6-13(9-11)19(12)2/h10-13,16H,3-9H2,1-2H3. The molecule has 5 heteroatoms. The number of fused-ring (bicyclic) bond motifs is 3. The van der Waals surface area contributed by atoms with E-state index in [1.165, 1.54) is 37.9 Å². The number of aromatic nitrogens is 3. The van der Waals surface area contributed by atoms with E-state index in [0.29, 0.717) is 12.1 Å². The van der Waals surface area contributed by atoms with Gasteiger partial charge in [0.2, 0.25) is 0 Å². The molecule has 0 aromatic carbocycles. The van der Waals surface area contributed by atoms with E-state index in [4.69, 9.17) is 0 Å². The third-order valence-electron chi connectivity index (χ3n) is 5.61. The molecule has 2 bridgehead atoms. The molecule has 5 nitrogen and oxygen atoms in total. The summed E-state index contributed by atoms with van der Waals surface area (Å²) in [6.07, 6.45) is 7.67. The van der Waals surface area contributed by atoms with Crippen LogP contribution in [0.15, 0.2) is 0 Å². The molecule has 1 aromatic heterocycles. The van der Waals surface area contributed by atoms with Gasteiger partial charge < -0.3 is 14.8 Å². The summed E-state index contributed by atoms with van der Waals surface area (Å²) in [5, 5.41) is 12.6. The Hall–Kier alpha value is -0.940. The Kier molecular flexibility index (Phi) is 3.07. The molecule has 0 radical (unpaired) electrons. The molecular weight excluding hydrogens is 250 g/mol. The van der Waals surface area contributed by atoms with Gasteiger partial charge in [-0.1, -0.05) is 0 Å². The second kappa shape index (κ2) is 4.81. The predicted molar refractivity (Wildman–Crippen MR) is 77.5 cm³/mol. The first-order valence-electron chi connectivity index (χ1n) is 8.12. The van der Waals surface area contributed by atoms with Gasteiger partial charge in [-0.15, -0.1) is 10.2 Å². The first kappa shape index (κ1) is 12.8. The Balaban J connectivity index is 1.44. The topological polar surface area (TPSA) is 46.0 Å². The molecule has 0 amide bonds. The summed E-state index contributed by atoms with van der Waals surface area (Å²) >= 11 is 0. The second-order valence-corrected chi connectivity index (χ2v) is 6.84. The number of hydrogen-bond donors (Lipinski definition) is 1. The van der Waals surface area contributed by atoms with Gasteiger partial charge in [0.15, 0.2) is 0 Å². The highest BCUT2D eigenvalue weighted by atomic mass is 15.3. The quantitative estimate of drug-likeness (QED) is 0.908. The molecule has 2 saturated heterocycles. The van der Waals surface area contributed by atoms with Crippen molar-refractivity contribution < 1.29 is 0 Å². The number of piperidine rings is 1.